The fraction of sp³-hybridized carbons (Fsp3) is 0.200. The normalized spacial score (nSPS) is 12.5. The molecule has 0 aromatic carbocycles. The van der Waals surface area contributed by atoms with E-state index in [9.17, 15) is 0 Å². The van der Waals surface area contributed by atoms with Gasteiger partial charge in [-0.1, -0.05) is 61.8 Å². The van der Waals surface area contributed by atoms with Gasteiger partial charge >= 0.3 is 0 Å². The molecule has 0 atom stereocenters. The van der Waals surface area contributed by atoms with E-state index in [0.29, 0.717) is 0 Å². The Bertz CT molecular complexity index is 301. The van der Waals surface area contributed by atoms with Crippen LogP contribution >= 0.6 is 12.6 Å². The molecule has 0 rings (SSSR count). The average Bonchev–Trinajstić information content (AvgIpc) is 2.34. The van der Waals surface area contributed by atoms with Crippen LogP contribution in [0, 0.1) is 0 Å². The monoisotopic (exact) mass is 234 g/mol. The molecule has 0 bridgehead atoms. The van der Waals surface area contributed by atoms with Crippen molar-refractivity contribution in [2.45, 2.75) is 13.8 Å². The lowest BCUT2D eigenvalue weighted by atomic mass is 10.1. The summed E-state index contributed by atoms with van der Waals surface area (Å²) in [6, 6.07) is 0. The number of thiol groups is 1. The minimum Gasteiger partial charge on any atom is -0.183 e. The number of hydrogen-bond donors (Lipinski definition) is 1. The predicted octanol–water partition coefficient (Wildman–Crippen LogP) is 4.91. The van der Waals surface area contributed by atoms with E-state index in [0.717, 1.165) is 5.57 Å². The van der Waals surface area contributed by atoms with Gasteiger partial charge in [0.25, 0.3) is 0 Å². The Hall–Kier alpha value is -1.21. The molecule has 0 aromatic rings. The van der Waals surface area contributed by atoms with Crippen molar-refractivity contribution in [1.29, 1.82) is 0 Å². The van der Waals surface area contributed by atoms with Crippen LogP contribution in [0.3, 0.4) is 0 Å². The molecule has 0 radical (unpaired) electrons. The highest BCUT2D eigenvalue weighted by molar-refractivity contribution is 7.79. The van der Waals surface area contributed by atoms with Crippen molar-refractivity contribution in [3.63, 3.8) is 0 Å². The lowest BCUT2D eigenvalue weighted by Crippen LogP contribution is -1.77. The van der Waals surface area contributed by atoms with E-state index in [4.69, 9.17) is 0 Å². The standard InChI is InChI=1S/C14H18.CH4S/c1-5-8-10-12-14(7-3)13(4)11-9-6-2;1-2/h5-12H,2-3H2,1,4H3;2H,1H3/b8-5-,11-9-,12-10-,14-13-;. The van der Waals surface area contributed by atoms with Gasteiger partial charge in [-0.05, 0) is 31.2 Å². The minimum absolute atomic E-state index is 1.13. The maximum Gasteiger partial charge on any atom is -0.0215 e. The van der Waals surface area contributed by atoms with Crippen LogP contribution < -0.4 is 0 Å². The van der Waals surface area contributed by atoms with Crippen LogP contribution in [0.15, 0.2) is 72.9 Å². The van der Waals surface area contributed by atoms with Crippen LogP contribution in [0.25, 0.3) is 0 Å². The van der Waals surface area contributed by atoms with Crippen LogP contribution in [0.5, 0.6) is 0 Å². The van der Waals surface area contributed by atoms with Crippen molar-refractivity contribution < 1.29 is 0 Å². The second-order valence-electron chi connectivity index (χ2n) is 2.82. The lowest BCUT2D eigenvalue weighted by molar-refractivity contribution is 1.45. The van der Waals surface area contributed by atoms with E-state index in [2.05, 4.69) is 32.7 Å². The van der Waals surface area contributed by atoms with Crippen molar-refractivity contribution in [2.75, 3.05) is 6.26 Å². The highest BCUT2D eigenvalue weighted by Gasteiger charge is 1.88. The average molecular weight is 234 g/mol. The zero-order valence-electron chi connectivity index (χ0n) is 10.5. The van der Waals surface area contributed by atoms with Crippen molar-refractivity contribution in [3.05, 3.63) is 72.9 Å². The Labute approximate surface area is 106 Å². The summed E-state index contributed by atoms with van der Waals surface area (Å²) in [5.74, 6) is 0. The molecule has 0 heterocycles. The largest absolute Gasteiger partial charge is 0.183 e. The highest BCUT2D eigenvalue weighted by Crippen LogP contribution is 2.08. The highest BCUT2D eigenvalue weighted by atomic mass is 32.1. The topological polar surface area (TPSA) is 0 Å². The second kappa shape index (κ2) is 13.8. The van der Waals surface area contributed by atoms with E-state index in [1.54, 1.807) is 12.3 Å². The first-order valence-electron chi connectivity index (χ1n) is 5.12. The molecule has 0 aliphatic carbocycles. The van der Waals surface area contributed by atoms with Crippen LogP contribution in [0.2, 0.25) is 0 Å². The Morgan fingerprint density at radius 1 is 1.00 bits per heavy atom. The SMILES string of the molecule is C=C\C=C/C(C)=C(C=C)\C=C/C=C\C.CS. The Morgan fingerprint density at radius 3 is 2.06 bits per heavy atom. The van der Waals surface area contributed by atoms with Crippen LogP contribution in [-0.4, -0.2) is 6.26 Å². The van der Waals surface area contributed by atoms with E-state index < -0.39 is 0 Å². The summed E-state index contributed by atoms with van der Waals surface area (Å²) in [6.45, 7) is 11.4. The summed E-state index contributed by atoms with van der Waals surface area (Å²) in [5.41, 5.74) is 2.31. The Morgan fingerprint density at radius 2 is 1.62 bits per heavy atom. The van der Waals surface area contributed by atoms with E-state index >= 15 is 0 Å². The molecule has 0 aliphatic rings. The molecule has 0 saturated heterocycles. The van der Waals surface area contributed by atoms with E-state index in [1.807, 2.05) is 49.5 Å². The van der Waals surface area contributed by atoms with Gasteiger partial charge in [0.1, 0.15) is 0 Å². The summed E-state index contributed by atoms with van der Waals surface area (Å²) < 4.78 is 0. The molecule has 16 heavy (non-hydrogen) atoms. The third-order valence-corrected chi connectivity index (χ3v) is 1.74. The predicted molar refractivity (Wildman–Crippen MR) is 81.1 cm³/mol. The first-order valence-corrected chi connectivity index (χ1v) is 6.02. The molecule has 1 heteroatoms. The van der Waals surface area contributed by atoms with Gasteiger partial charge in [-0.2, -0.15) is 12.6 Å². The van der Waals surface area contributed by atoms with Gasteiger partial charge in [0, 0.05) is 0 Å². The molecule has 0 aromatic heterocycles. The van der Waals surface area contributed by atoms with Crippen LogP contribution in [0.1, 0.15) is 13.8 Å². The zero-order chi connectivity index (χ0) is 12.8. The van der Waals surface area contributed by atoms with Crippen LogP contribution in [-0.2, 0) is 0 Å². The maximum atomic E-state index is 3.78. The van der Waals surface area contributed by atoms with Crippen LogP contribution in [0.4, 0.5) is 0 Å². The third-order valence-electron chi connectivity index (χ3n) is 1.74. The quantitative estimate of drug-likeness (QED) is 0.507. The molecule has 0 unspecified atom stereocenters. The summed E-state index contributed by atoms with van der Waals surface area (Å²) in [6.07, 6.45) is 17.3. The van der Waals surface area contributed by atoms with Gasteiger partial charge in [-0.3, -0.25) is 0 Å². The van der Waals surface area contributed by atoms with Crippen molar-refractivity contribution in [2.24, 2.45) is 0 Å². The molecule has 0 aliphatic heterocycles. The molecule has 0 saturated carbocycles. The molecular formula is C15H22S. The number of allylic oxidation sites excluding steroid dienone is 10. The number of rotatable bonds is 5. The summed E-state index contributed by atoms with van der Waals surface area (Å²) >= 11 is 3.53. The van der Waals surface area contributed by atoms with Crippen molar-refractivity contribution in [1.82, 2.24) is 0 Å². The number of hydrogen-bond acceptors (Lipinski definition) is 1. The van der Waals surface area contributed by atoms with Gasteiger partial charge in [0.15, 0.2) is 0 Å². The van der Waals surface area contributed by atoms with E-state index in [-0.39, 0.29) is 0 Å². The zero-order valence-corrected chi connectivity index (χ0v) is 11.4. The lowest BCUT2D eigenvalue weighted by Gasteiger charge is -1.97. The fourth-order valence-corrected chi connectivity index (χ4v) is 0.939. The minimum atomic E-state index is 1.13. The summed E-state index contributed by atoms with van der Waals surface area (Å²) in [7, 11) is 0. The molecule has 0 fully saturated rings. The van der Waals surface area contributed by atoms with Gasteiger partial charge in [0.2, 0.25) is 0 Å². The van der Waals surface area contributed by atoms with Gasteiger partial charge in [0.05, 0.1) is 0 Å². The fourth-order valence-electron chi connectivity index (χ4n) is 0.939. The molecule has 0 nitrogen and oxygen atoms in total. The first kappa shape index (κ1) is 17.2. The van der Waals surface area contributed by atoms with Crippen molar-refractivity contribution >= 4 is 12.6 Å². The third kappa shape index (κ3) is 9.35. The van der Waals surface area contributed by atoms with Gasteiger partial charge in [-0.15, -0.1) is 0 Å². The van der Waals surface area contributed by atoms with Gasteiger partial charge in [-0.25, -0.2) is 0 Å². The maximum absolute atomic E-state index is 3.78. The van der Waals surface area contributed by atoms with Crippen molar-refractivity contribution in [3.8, 4) is 0 Å². The molecule has 0 N–H and O–H groups in total. The summed E-state index contributed by atoms with van der Waals surface area (Å²) in [4.78, 5) is 0. The Balaban J connectivity index is 0. The Kier molecular flexibility index (Phi) is 14.8. The molecule has 0 spiro atoms. The van der Waals surface area contributed by atoms with E-state index in [1.165, 1.54) is 5.57 Å². The van der Waals surface area contributed by atoms with Gasteiger partial charge < -0.3 is 0 Å². The molecular weight excluding hydrogens is 212 g/mol. The molecule has 0 amide bonds. The summed E-state index contributed by atoms with van der Waals surface area (Å²) in [5, 5.41) is 0. The first-order chi connectivity index (χ1) is 7.76. The second-order valence-corrected chi connectivity index (χ2v) is 2.82. The molecule has 88 valence electrons. The smallest absolute Gasteiger partial charge is 0.0215 e.